The predicted octanol–water partition coefficient (Wildman–Crippen LogP) is 1.64. The van der Waals surface area contributed by atoms with Crippen LogP contribution < -0.4 is 9.84 Å². The number of benzene rings is 1. The number of nitrogens with zero attached hydrogens (tertiary/aromatic N) is 1. The van der Waals surface area contributed by atoms with Gasteiger partial charge >= 0.3 is 0 Å². The molecule has 0 unspecified atom stereocenters. The van der Waals surface area contributed by atoms with Crippen molar-refractivity contribution in [2.45, 2.75) is 0 Å². The Balaban J connectivity index is 2.06. The number of rotatable bonds is 4. The highest BCUT2D eigenvalue weighted by atomic mass is 16.5. The molecule has 0 saturated heterocycles. The van der Waals surface area contributed by atoms with E-state index in [1.54, 1.807) is 12.1 Å². The Morgan fingerprint density at radius 3 is 2.56 bits per heavy atom. The second-order valence-electron chi connectivity index (χ2n) is 3.50. The monoisotopic (exact) mass is 240 g/mol. The summed E-state index contributed by atoms with van der Waals surface area (Å²) in [6, 6.07) is 12.7. The summed E-state index contributed by atoms with van der Waals surface area (Å²) in [4.78, 5) is 14.3. The molecule has 0 amide bonds. The van der Waals surface area contributed by atoms with Crippen molar-refractivity contribution in [3.8, 4) is 11.6 Å². The SMILES string of the molecule is O=C([O-])/C=C/c1ccc(Oc2ccccc2)nc1. The van der Waals surface area contributed by atoms with Crippen LogP contribution in [0.3, 0.4) is 0 Å². The molecule has 0 aliphatic rings. The van der Waals surface area contributed by atoms with Gasteiger partial charge in [0.2, 0.25) is 5.88 Å². The number of para-hydroxylation sites is 1. The molecule has 4 heteroatoms. The number of carbonyl (C=O) groups excluding carboxylic acids is 1. The fraction of sp³-hybridized carbons (Fsp3) is 0. The van der Waals surface area contributed by atoms with Gasteiger partial charge in [0.05, 0.1) is 5.97 Å². The Bertz CT molecular complexity index is 547. The van der Waals surface area contributed by atoms with Crippen molar-refractivity contribution < 1.29 is 14.6 Å². The molecule has 0 spiro atoms. The lowest BCUT2D eigenvalue weighted by Gasteiger charge is -2.04. The maximum Gasteiger partial charge on any atom is 0.219 e. The highest BCUT2D eigenvalue weighted by molar-refractivity contribution is 5.83. The van der Waals surface area contributed by atoms with E-state index in [-0.39, 0.29) is 0 Å². The number of pyridine rings is 1. The van der Waals surface area contributed by atoms with E-state index in [4.69, 9.17) is 4.74 Å². The van der Waals surface area contributed by atoms with E-state index >= 15 is 0 Å². The second-order valence-corrected chi connectivity index (χ2v) is 3.50. The van der Waals surface area contributed by atoms with E-state index in [1.807, 2.05) is 30.3 Å². The summed E-state index contributed by atoms with van der Waals surface area (Å²) in [5, 5.41) is 10.2. The largest absolute Gasteiger partial charge is 0.545 e. The van der Waals surface area contributed by atoms with Gasteiger partial charge in [0.15, 0.2) is 0 Å². The van der Waals surface area contributed by atoms with E-state index in [0.29, 0.717) is 17.2 Å². The Labute approximate surface area is 104 Å². The molecule has 0 saturated carbocycles. The van der Waals surface area contributed by atoms with E-state index in [9.17, 15) is 9.90 Å². The molecule has 0 fully saturated rings. The quantitative estimate of drug-likeness (QED) is 0.762. The lowest BCUT2D eigenvalue weighted by atomic mass is 10.2. The van der Waals surface area contributed by atoms with Crippen molar-refractivity contribution in [1.29, 1.82) is 0 Å². The number of ether oxygens (including phenoxy) is 1. The summed E-state index contributed by atoms with van der Waals surface area (Å²) in [5.74, 6) is -0.0885. The topological polar surface area (TPSA) is 62.2 Å². The molecule has 0 bridgehead atoms. The highest BCUT2D eigenvalue weighted by Gasteiger charge is 1.97. The van der Waals surface area contributed by atoms with E-state index in [0.717, 1.165) is 6.08 Å². The minimum Gasteiger partial charge on any atom is -0.545 e. The zero-order valence-electron chi connectivity index (χ0n) is 9.45. The molecule has 90 valence electrons. The van der Waals surface area contributed by atoms with Crippen molar-refractivity contribution in [2.75, 3.05) is 0 Å². The number of aromatic nitrogens is 1. The third kappa shape index (κ3) is 3.45. The van der Waals surface area contributed by atoms with E-state index in [2.05, 4.69) is 4.98 Å². The van der Waals surface area contributed by atoms with Crippen LogP contribution in [-0.4, -0.2) is 11.0 Å². The van der Waals surface area contributed by atoms with E-state index in [1.165, 1.54) is 12.3 Å². The molecular formula is C14H10NO3-. The lowest BCUT2D eigenvalue weighted by Crippen LogP contribution is -2.18. The van der Waals surface area contributed by atoms with Crippen LogP contribution in [0.4, 0.5) is 0 Å². The lowest BCUT2D eigenvalue weighted by molar-refractivity contribution is -0.297. The maximum absolute atomic E-state index is 10.2. The molecule has 1 aromatic heterocycles. The van der Waals surface area contributed by atoms with E-state index < -0.39 is 5.97 Å². The molecule has 2 rings (SSSR count). The summed E-state index contributed by atoms with van der Waals surface area (Å²) in [7, 11) is 0. The maximum atomic E-state index is 10.2. The van der Waals surface area contributed by atoms with Gasteiger partial charge in [-0.2, -0.15) is 0 Å². The first-order valence-electron chi connectivity index (χ1n) is 5.32. The molecular weight excluding hydrogens is 230 g/mol. The van der Waals surface area contributed by atoms with Crippen LogP contribution in [0.5, 0.6) is 11.6 Å². The number of aliphatic carboxylic acids is 1. The summed E-state index contributed by atoms with van der Waals surface area (Å²) >= 11 is 0. The third-order valence-corrected chi connectivity index (χ3v) is 2.14. The van der Waals surface area contributed by atoms with Gasteiger partial charge in [-0.05, 0) is 29.8 Å². The molecule has 0 N–H and O–H groups in total. The Morgan fingerprint density at radius 2 is 1.94 bits per heavy atom. The van der Waals surface area contributed by atoms with Crippen LogP contribution >= 0.6 is 0 Å². The van der Waals surface area contributed by atoms with Crippen LogP contribution in [0.25, 0.3) is 6.08 Å². The van der Waals surface area contributed by atoms with Crippen molar-refractivity contribution in [3.63, 3.8) is 0 Å². The molecule has 2 aromatic rings. The average Bonchev–Trinajstić information content (AvgIpc) is 2.39. The first kappa shape index (κ1) is 11.9. The minimum atomic E-state index is -1.24. The number of carboxylic acid groups (broad SMARTS) is 1. The number of hydrogen-bond acceptors (Lipinski definition) is 4. The van der Waals surface area contributed by atoms with Gasteiger partial charge < -0.3 is 14.6 Å². The minimum absolute atomic E-state index is 0.451. The van der Waals surface area contributed by atoms with Crippen molar-refractivity contribution in [3.05, 3.63) is 60.3 Å². The molecule has 1 heterocycles. The highest BCUT2D eigenvalue weighted by Crippen LogP contribution is 2.18. The Morgan fingerprint density at radius 1 is 1.17 bits per heavy atom. The van der Waals surface area contributed by atoms with Crippen molar-refractivity contribution in [1.82, 2.24) is 4.98 Å². The van der Waals surface area contributed by atoms with Gasteiger partial charge in [-0.3, -0.25) is 0 Å². The van der Waals surface area contributed by atoms with Crippen LogP contribution in [0.15, 0.2) is 54.7 Å². The molecule has 0 atom stereocenters. The molecule has 4 nitrogen and oxygen atoms in total. The average molecular weight is 240 g/mol. The number of carboxylic acids is 1. The molecule has 0 aliphatic heterocycles. The zero-order valence-corrected chi connectivity index (χ0v) is 9.45. The van der Waals surface area contributed by atoms with Crippen LogP contribution in [0.2, 0.25) is 0 Å². The number of hydrogen-bond donors (Lipinski definition) is 0. The fourth-order valence-electron chi connectivity index (χ4n) is 1.32. The predicted molar refractivity (Wildman–Crippen MR) is 64.8 cm³/mol. The van der Waals surface area contributed by atoms with Crippen LogP contribution in [-0.2, 0) is 4.79 Å². The van der Waals surface area contributed by atoms with Gasteiger partial charge in [0, 0.05) is 12.3 Å². The summed E-state index contributed by atoms with van der Waals surface area (Å²) in [6.45, 7) is 0. The Kier molecular flexibility index (Phi) is 3.71. The van der Waals surface area contributed by atoms with Gasteiger partial charge in [-0.25, -0.2) is 4.98 Å². The Hall–Kier alpha value is -2.62. The summed E-state index contributed by atoms with van der Waals surface area (Å²) in [6.07, 6.45) is 3.89. The molecule has 1 aromatic carbocycles. The smallest absolute Gasteiger partial charge is 0.219 e. The standard InChI is InChI=1S/C14H11NO3/c16-14(17)9-7-11-6-8-13(15-10-11)18-12-4-2-1-3-5-12/h1-10H,(H,16,17)/p-1/b9-7+. The molecule has 18 heavy (non-hydrogen) atoms. The van der Waals surface area contributed by atoms with Crippen molar-refractivity contribution >= 4 is 12.0 Å². The molecule has 0 radical (unpaired) electrons. The summed E-state index contributed by atoms with van der Waals surface area (Å²) in [5.41, 5.74) is 0.666. The van der Waals surface area contributed by atoms with Gasteiger partial charge in [0.25, 0.3) is 0 Å². The second kappa shape index (κ2) is 5.63. The van der Waals surface area contributed by atoms with Crippen LogP contribution in [0.1, 0.15) is 5.56 Å². The normalized spacial score (nSPS) is 10.4. The zero-order chi connectivity index (χ0) is 12.8. The molecule has 0 aliphatic carbocycles. The van der Waals surface area contributed by atoms with Crippen LogP contribution in [0, 0.1) is 0 Å². The van der Waals surface area contributed by atoms with Gasteiger partial charge in [-0.1, -0.05) is 24.3 Å². The van der Waals surface area contributed by atoms with Gasteiger partial charge in [-0.15, -0.1) is 0 Å². The fourth-order valence-corrected chi connectivity index (χ4v) is 1.32. The third-order valence-electron chi connectivity index (χ3n) is 2.14. The van der Waals surface area contributed by atoms with Crippen molar-refractivity contribution in [2.24, 2.45) is 0 Å². The van der Waals surface area contributed by atoms with Gasteiger partial charge in [0.1, 0.15) is 5.75 Å². The first-order valence-corrected chi connectivity index (χ1v) is 5.32. The summed E-state index contributed by atoms with van der Waals surface area (Å²) < 4.78 is 5.50. The number of carbonyl (C=O) groups is 1. The first-order chi connectivity index (χ1) is 8.74.